The van der Waals surface area contributed by atoms with Crippen LogP contribution in [0.5, 0.6) is 0 Å². The lowest BCUT2D eigenvalue weighted by Gasteiger charge is -2.17. The highest BCUT2D eigenvalue weighted by Gasteiger charge is 2.19. The molecule has 1 rings (SSSR count). The lowest BCUT2D eigenvalue weighted by Crippen LogP contribution is -2.32. The largest absolute Gasteiger partial charge is 0.314 e. The molecule has 2 nitrogen and oxygen atoms in total. The zero-order chi connectivity index (χ0) is 11.1. The van der Waals surface area contributed by atoms with Gasteiger partial charge in [-0.05, 0) is 45.8 Å². The van der Waals surface area contributed by atoms with Gasteiger partial charge in [0.05, 0.1) is 0 Å². The van der Waals surface area contributed by atoms with E-state index in [-0.39, 0.29) is 0 Å². The van der Waals surface area contributed by atoms with Crippen molar-refractivity contribution < 1.29 is 0 Å². The molecule has 0 aromatic rings. The summed E-state index contributed by atoms with van der Waals surface area (Å²) in [5.41, 5.74) is 0. The van der Waals surface area contributed by atoms with Gasteiger partial charge in [0.25, 0.3) is 0 Å². The molecule has 1 fully saturated rings. The average molecular weight is 212 g/mol. The average Bonchev–Trinajstić information content (AvgIpc) is 2.62. The van der Waals surface area contributed by atoms with Crippen molar-refractivity contribution in [2.45, 2.75) is 52.0 Å². The van der Waals surface area contributed by atoms with Gasteiger partial charge in [-0.1, -0.05) is 26.2 Å². The minimum absolute atomic E-state index is 0.711. The molecule has 2 unspecified atom stereocenters. The first-order chi connectivity index (χ1) is 7.22. The number of unbranched alkanes of at least 4 members (excludes halogenated alkanes) is 2. The summed E-state index contributed by atoms with van der Waals surface area (Å²) < 4.78 is 0. The van der Waals surface area contributed by atoms with Crippen LogP contribution in [0.15, 0.2) is 0 Å². The molecular formula is C13H28N2. The monoisotopic (exact) mass is 212 g/mol. The molecule has 0 aromatic carbocycles. The Labute approximate surface area is 95.4 Å². The Morgan fingerprint density at radius 1 is 1.40 bits per heavy atom. The number of nitrogens with one attached hydrogen (secondary N) is 1. The van der Waals surface area contributed by atoms with Crippen molar-refractivity contribution in [1.82, 2.24) is 10.2 Å². The molecule has 0 spiro atoms. The Morgan fingerprint density at radius 3 is 2.80 bits per heavy atom. The van der Waals surface area contributed by atoms with Gasteiger partial charge in [-0.3, -0.25) is 0 Å². The van der Waals surface area contributed by atoms with Crippen LogP contribution in [0, 0.1) is 5.92 Å². The van der Waals surface area contributed by atoms with E-state index in [9.17, 15) is 0 Å². The Hall–Kier alpha value is -0.0800. The number of hydrogen-bond acceptors (Lipinski definition) is 2. The standard InChI is InChI=1S/C13H28N2/c1-4-5-6-7-12(2)14-10-13-8-9-15(3)11-13/h12-14H,4-11H2,1-3H3. The van der Waals surface area contributed by atoms with Crippen LogP contribution < -0.4 is 5.32 Å². The van der Waals surface area contributed by atoms with Crippen LogP contribution in [0.25, 0.3) is 0 Å². The number of nitrogens with zero attached hydrogens (tertiary/aromatic N) is 1. The van der Waals surface area contributed by atoms with Crippen LogP contribution in [0.3, 0.4) is 0 Å². The summed E-state index contributed by atoms with van der Waals surface area (Å²) in [5, 5.41) is 3.68. The fourth-order valence-electron chi connectivity index (χ4n) is 2.36. The Kier molecular flexibility index (Phi) is 6.26. The predicted octanol–water partition coefficient (Wildman–Crippen LogP) is 2.50. The Balaban J connectivity index is 1.98. The molecule has 1 aliphatic heterocycles. The molecule has 0 aliphatic carbocycles. The van der Waals surface area contributed by atoms with E-state index >= 15 is 0 Å². The number of hydrogen-bond donors (Lipinski definition) is 1. The first-order valence-electron chi connectivity index (χ1n) is 6.64. The SMILES string of the molecule is CCCCCC(C)NCC1CCN(C)C1. The van der Waals surface area contributed by atoms with E-state index in [0.29, 0.717) is 6.04 Å². The van der Waals surface area contributed by atoms with Gasteiger partial charge in [-0.2, -0.15) is 0 Å². The highest BCUT2D eigenvalue weighted by Crippen LogP contribution is 2.13. The maximum atomic E-state index is 3.68. The van der Waals surface area contributed by atoms with E-state index in [2.05, 4.69) is 31.1 Å². The van der Waals surface area contributed by atoms with Gasteiger partial charge in [0.1, 0.15) is 0 Å². The van der Waals surface area contributed by atoms with E-state index < -0.39 is 0 Å². The first kappa shape index (κ1) is 13.0. The molecule has 1 saturated heterocycles. The van der Waals surface area contributed by atoms with Crippen LogP contribution in [0.2, 0.25) is 0 Å². The molecule has 90 valence electrons. The molecule has 0 radical (unpaired) electrons. The minimum Gasteiger partial charge on any atom is -0.314 e. The Morgan fingerprint density at radius 2 is 2.20 bits per heavy atom. The van der Waals surface area contributed by atoms with Crippen molar-refractivity contribution in [2.24, 2.45) is 5.92 Å². The highest BCUT2D eigenvalue weighted by molar-refractivity contribution is 4.75. The van der Waals surface area contributed by atoms with Crippen LogP contribution in [0.4, 0.5) is 0 Å². The topological polar surface area (TPSA) is 15.3 Å². The van der Waals surface area contributed by atoms with Crippen LogP contribution in [-0.4, -0.2) is 37.6 Å². The van der Waals surface area contributed by atoms with E-state index in [0.717, 1.165) is 5.92 Å². The number of likely N-dealkylation sites (tertiary alicyclic amines) is 1. The maximum Gasteiger partial charge on any atom is 0.00388 e. The summed E-state index contributed by atoms with van der Waals surface area (Å²) in [6.07, 6.45) is 6.83. The zero-order valence-corrected chi connectivity index (χ0v) is 10.8. The van der Waals surface area contributed by atoms with E-state index in [1.54, 1.807) is 0 Å². The molecule has 1 heterocycles. The first-order valence-corrected chi connectivity index (χ1v) is 6.64. The van der Waals surface area contributed by atoms with E-state index in [1.165, 1.54) is 51.7 Å². The molecule has 0 bridgehead atoms. The second-order valence-electron chi connectivity index (χ2n) is 5.22. The van der Waals surface area contributed by atoms with Crippen molar-refractivity contribution >= 4 is 0 Å². The molecule has 1 aliphatic rings. The quantitative estimate of drug-likeness (QED) is 0.652. The zero-order valence-electron chi connectivity index (χ0n) is 10.8. The molecule has 1 N–H and O–H groups in total. The second kappa shape index (κ2) is 7.24. The molecule has 0 aromatic heterocycles. The van der Waals surface area contributed by atoms with Crippen LogP contribution >= 0.6 is 0 Å². The summed E-state index contributed by atoms with van der Waals surface area (Å²) in [5.74, 6) is 0.892. The summed E-state index contributed by atoms with van der Waals surface area (Å²) in [6.45, 7) is 8.39. The van der Waals surface area contributed by atoms with Crippen molar-refractivity contribution in [3.63, 3.8) is 0 Å². The van der Waals surface area contributed by atoms with Crippen molar-refractivity contribution in [1.29, 1.82) is 0 Å². The van der Waals surface area contributed by atoms with Gasteiger partial charge in [0, 0.05) is 12.6 Å². The highest BCUT2D eigenvalue weighted by atomic mass is 15.1. The molecule has 15 heavy (non-hydrogen) atoms. The summed E-state index contributed by atoms with van der Waals surface area (Å²) in [4.78, 5) is 2.44. The molecule has 0 saturated carbocycles. The fraction of sp³-hybridized carbons (Fsp3) is 1.00. The third-order valence-electron chi connectivity index (χ3n) is 3.48. The van der Waals surface area contributed by atoms with E-state index in [1.807, 2.05) is 0 Å². The summed E-state index contributed by atoms with van der Waals surface area (Å²) >= 11 is 0. The third-order valence-corrected chi connectivity index (χ3v) is 3.48. The minimum atomic E-state index is 0.711. The van der Waals surface area contributed by atoms with Crippen molar-refractivity contribution in [3.05, 3.63) is 0 Å². The smallest absolute Gasteiger partial charge is 0.00388 e. The predicted molar refractivity (Wildman–Crippen MR) is 67.2 cm³/mol. The van der Waals surface area contributed by atoms with Gasteiger partial charge in [0.2, 0.25) is 0 Å². The lowest BCUT2D eigenvalue weighted by molar-refractivity contribution is 0.376. The fourth-order valence-corrected chi connectivity index (χ4v) is 2.36. The van der Waals surface area contributed by atoms with Crippen molar-refractivity contribution in [2.75, 3.05) is 26.7 Å². The van der Waals surface area contributed by atoms with Gasteiger partial charge >= 0.3 is 0 Å². The molecular weight excluding hydrogens is 184 g/mol. The maximum absolute atomic E-state index is 3.68. The molecule has 2 atom stereocenters. The van der Waals surface area contributed by atoms with Crippen LogP contribution in [0.1, 0.15) is 46.0 Å². The van der Waals surface area contributed by atoms with Gasteiger partial charge in [-0.25, -0.2) is 0 Å². The third kappa shape index (κ3) is 5.53. The van der Waals surface area contributed by atoms with Crippen LogP contribution in [-0.2, 0) is 0 Å². The molecule has 2 heteroatoms. The second-order valence-corrected chi connectivity index (χ2v) is 5.22. The number of rotatable bonds is 7. The summed E-state index contributed by atoms with van der Waals surface area (Å²) in [7, 11) is 2.23. The van der Waals surface area contributed by atoms with Gasteiger partial charge in [-0.15, -0.1) is 0 Å². The lowest BCUT2D eigenvalue weighted by atomic mass is 10.1. The summed E-state index contributed by atoms with van der Waals surface area (Å²) in [6, 6.07) is 0.711. The van der Waals surface area contributed by atoms with Gasteiger partial charge in [0.15, 0.2) is 0 Å². The Bertz CT molecular complexity index is 159. The van der Waals surface area contributed by atoms with Crippen molar-refractivity contribution in [3.8, 4) is 0 Å². The van der Waals surface area contributed by atoms with E-state index in [4.69, 9.17) is 0 Å². The molecule has 0 amide bonds. The van der Waals surface area contributed by atoms with Gasteiger partial charge < -0.3 is 10.2 Å². The normalized spacial score (nSPS) is 24.6.